The number of aromatic nitrogens is 1. The Labute approximate surface area is 176 Å². The summed E-state index contributed by atoms with van der Waals surface area (Å²) in [5.74, 6) is -0.311. The van der Waals surface area contributed by atoms with Crippen LogP contribution in [-0.2, 0) is 0 Å². The molecule has 0 saturated heterocycles. The SMILES string of the molecule is Nc1[nH+]c(-c2ccc([N+](=O)[O-])cc2)c(C(=O)Nc2ccc(-c3ccccc3)cc2)s1. The number of carbonyl (C=O) groups is 1. The Bertz CT molecular complexity index is 1200. The number of nitro benzene ring substituents is 1. The molecule has 0 radical (unpaired) electrons. The van der Waals surface area contributed by atoms with E-state index in [0.717, 1.165) is 22.5 Å². The number of non-ortho nitro benzene ring substituents is 1. The fourth-order valence-electron chi connectivity index (χ4n) is 3.04. The first-order valence-corrected chi connectivity index (χ1v) is 9.86. The Morgan fingerprint density at radius 1 is 0.900 bits per heavy atom. The Morgan fingerprint density at radius 3 is 2.13 bits per heavy atom. The Balaban J connectivity index is 1.56. The van der Waals surface area contributed by atoms with Crippen molar-refractivity contribution in [1.82, 2.24) is 0 Å². The maximum absolute atomic E-state index is 12.9. The van der Waals surface area contributed by atoms with Crippen molar-refractivity contribution in [2.24, 2.45) is 0 Å². The van der Waals surface area contributed by atoms with Crippen molar-refractivity contribution in [2.75, 3.05) is 11.1 Å². The third-order valence-corrected chi connectivity index (χ3v) is 5.43. The highest BCUT2D eigenvalue weighted by molar-refractivity contribution is 7.17. The number of carbonyl (C=O) groups excluding carboxylic acids is 1. The van der Waals surface area contributed by atoms with Crippen LogP contribution >= 0.6 is 11.3 Å². The number of hydrogen-bond donors (Lipinski definition) is 2. The largest absolute Gasteiger partial charge is 0.330 e. The van der Waals surface area contributed by atoms with Crippen molar-refractivity contribution >= 4 is 33.8 Å². The molecule has 0 spiro atoms. The van der Waals surface area contributed by atoms with Crippen LogP contribution < -0.4 is 16.0 Å². The number of benzene rings is 3. The number of nitrogens with zero attached hydrogens (tertiary/aromatic N) is 1. The number of amides is 1. The zero-order chi connectivity index (χ0) is 21.1. The second kappa shape index (κ2) is 8.14. The molecule has 4 rings (SSSR count). The normalized spacial score (nSPS) is 10.5. The minimum absolute atomic E-state index is 0.0218. The predicted molar refractivity (Wildman–Crippen MR) is 117 cm³/mol. The number of nitro groups is 1. The molecule has 1 aromatic heterocycles. The van der Waals surface area contributed by atoms with E-state index in [1.54, 1.807) is 12.1 Å². The van der Waals surface area contributed by atoms with Gasteiger partial charge in [0.05, 0.1) is 4.92 Å². The molecule has 0 saturated carbocycles. The number of aromatic amines is 1. The van der Waals surface area contributed by atoms with Crippen LogP contribution in [0.4, 0.5) is 16.5 Å². The second-order valence-corrected chi connectivity index (χ2v) is 7.55. The molecule has 0 aliphatic carbocycles. The summed E-state index contributed by atoms with van der Waals surface area (Å²) in [7, 11) is 0. The molecule has 0 aliphatic heterocycles. The van der Waals surface area contributed by atoms with Crippen molar-refractivity contribution in [3.8, 4) is 22.4 Å². The third kappa shape index (κ3) is 4.03. The first kappa shape index (κ1) is 19.3. The van der Waals surface area contributed by atoms with E-state index in [0.29, 0.717) is 27.0 Å². The van der Waals surface area contributed by atoms with Gasteiger partial charge in [0.1, 0.15) is 4.88 Å². The summed E-state index contributed by atoms with van der Waals surface area (Å²) in [5.41, 5.74) is 9.82. The smallest absolute Gasteiger partial charge is 0.321 e. The number of nitrogens with one attached hydrogen (secondary N) is 2. The number of anilines is 2. The highest BCUT2D eigenvalue weighted by Gasteiger charge is 2.22. The standard InChI is InChI=1S/C22H16N4O3S/c23-22-25-19(16-8-12-18(13-9-16)26(28)29)20(30-22)21(27)24-17-10-6-15(7-11-17)14-4-2-1-3-5-14/h1-13H,(H2,23,25)(H,24,27)/p+1. The second-order valence-electron chi connectivity index (χ2n) is 6.50. The van der Waals surface area contributed by atoms with Gasteiger partial charge in [-0.1, -0.05) is 42.5 Å². The first-order chi connectivity index (χ1) is 14.5. The van der Waals surface area contributed by atoms with Crippen LogP contribution in [0.25, 0.3) is 22.4 Å². The molecule has 0 unspecified atom stereocenters. The summed E-state index contributed by atoms with van der Waals surface area (Å²) < 4.78 is 0. The van der Waals surface area contributed by atoms with Gasteiger partial charge >= 0.3 is 5.13 Å². The topological polar surface area (TPSA) is 112 Å². The zero-order valence-corrected chi connectivity index (χ0v) is 16.5. The molecular weight excluding hydrogens is 400 g/mol. The summed E-state index contributed by atoms with van der Waals surface area (Å²) in [6.45, 7) is 0. The Kier molecular flexibility index (Phi) is 5.23. The number of nitrogen functional groups attached to an aromatic ring is 1. The average Bonchev–Trinajstić information content (AvgIpc) is 3.17. The Morgan fingerprint density at radius 2 is 1.50 bits per heavy atom. The van der Waals surface area contributed by atoms with Crippen molar-refractivity contribution in [1.29, 1.82) is 0 Å². The van der Waals surface area contributed by atoms with E-state index >= 15 is 0 Å². The summed E-state index contributed by atoms with van der Waals surface area (Å²) in [5, 5.41) is 14.1. The summed E-state index contributed by atoms with van der Waals surface area (Å²) in [4.78, 5) is 26.6. The molecule has 0 atom stereocenters. The predicted octanol–water partition coefficient (Wildman–Crippen LogP) is 4.64. The van der Waals surface area contributed by atoms with Crippen LogP contribution in [0.1, 0.15) is 9.67 Å². The molecule has 3 aromatic carbocycles. The van der Waals surface area contributed by atoms with Crippen LogP contribution in [0.2, 0.25) is 0 Å². The lowest BCUT2D eigenvalue weighted by Gasteiger charge is -2.06. The van der Waals surface area contributed by atoms with Crippen LogP contribution in [0, 0.1) is 10.1 Å². The molecule has 1 heterocycles. The van der Waals surface area contributed by atoms with Crippen molar-refractivity contribution in [3.63, 3.8) is 0 Å². The van der Waals surface area contributed by atoms with E-state index in [2.05, 4.69) is 10.3 Å². The van der Waals surface area contributed by atoms with E-state index in [1.165, 1.54) is 12.1 Å². The molecule has 4 aromatic rings. The molecule has 0 fully saturated rings. The fraction of sp³-hybridized carbons (Fsp3) is 0. The van der Waals surface area contributed by atoms with E-state index in [-0.39, 0.29) is 11.6 Å². The van der Waals surface area contributed by atoms with Gasteiger partial charge < -0.3 is 5.32 Å². The third-order valence-electron chi connectivity index (χ3n) is 4.51. The molecule has 7 nitrogen and oxygen atoms in total. The molecule has 4 N–H and O–H groups in total. The quantitative estimate of drug-likeness (QED) is 0.364. The molecule has 148 valence electrons. The minimum atomic E-state index is -0.470. The van der Waals surface area contributed by atoms with Crippen molar-refractivity contribution < 1.29 is 14.7 Å². The van der Waals surface area contributed by atoms with Crippen molar-refractivity contribution in [2.45, 2.75) is 0 Å². The lowest BCUT2D eigenvalue weighted by Crippen LogP contribution is -2.14. The molecule has 8 heteroatoms. The van der Waals surface area contributed by atoms with Gasteiger partial charge in [-0.25, -0.2) is 4.98 Å². The number of H-pyrrole nitrogens is 1. The van der Waals surface area contributed by atoms with Gasteiger partial charge in [-0.2, -0.15) is 0 Å². The highest BCUT2D eigenvalue weighted by atomic mass is 32.1. The summed E-state index contributed by atoms with van der Waals surface area (Å²) in [6, 6.07) is 23.5. The van der Waals surface area contributed by atoms with E-state index in [4.69, 9.17) is 5.73 Å². The number of nitrogens with two attached hydrogens (primary N) is 1. The molecule has 1 amide bonds. The van der Waals surface area contributed by atoms with Gasteiger partial charge in [-0.05, 0) is 46.7 Å². The number of rotatable bonds is 5. The first-order valence-electron chi connectivity index (χ1n) is 9.04. The average molecular weight is 417 g/mol. The zero-order valence-electron chi connectivity index (χ0n) is 15.7. The summed E-state index contributed by atoms with van der Waals surface area (Å²) >= 11 is 1.12. The van der Waals surface area contributed by atoms with Crippen LogP contribution in [0.5, 0.6) is 0 Å². The van der Waals surface area contributed by atoms with Crippen LogP contribution in [0.15, 0.2) is 78.9 Å². The van der Waals surface area contributed by atoms with Crippen LogP contribution in [0.3, 0.4) is 0 Å². The maximum atomic E-state index is 12.9. The van der Waals surface area contributed by atoms with E-state index < -0.39 is 4.92 Å². The lowest BCUT2D eigenvalue weighted by molar-refractivity contribution is -0.384. The fourth-order valence-corrected chi connectivity index (χ4v) is 3.83. The molecule has 0 aliphatic rings. The number of hydrogen-bond acceptors (Lipinski definition) is 5. The number of thiazole rings is 1. The lowest BCUT2D eigenvalue weighted by atomic mass is 10.1. The van der Waals surface area contributed by atoms with Crippen molar-refractivity contribution in [3.05, 3.63) is 93.9 Å². The van der Waals surface area contributed by atoms with Crippen LogP contribution in [-0.4, -0.2) is 10.8 Å². The van der Waals surface area contributed by atoms with E-state index in [1.807, 2.05) is 54.6 Å². The monoisotopic (exact) mass is 417 g/mol. The van der Waals surface area contributed by atoms with Gasteiger partial charge in [0.15, 0.2) is 5.69 Å². The molecule has 30 heavy (non-hydrogen) atoms. The van der Waals surface area contributed by atoms with Gasteiger partial charge in [-0.3, -0.25) is 20.6 Å². The maximum Gasteiger partial charge on any atom is 0.330 e. The van der Waals surface area contributed by atoms with E-state index in [9.17, 15) is 14.9 Å². The highest BCUT2D eigenvalue weighted by Crippen LogP contribution is 2.29. The summed E-state index contributed by atoms with van der Waals surface area (Å²) in [6.07, 6.45) is 0. The van der Waals surface area contributed by atoms with Gasteiger partial charge in [0, 0.05) is 23.4 Å². The molecule has 0 bridgehead atoms. The van der Waals surface area contributed by atoms with Gasteiger partial charge in [-0.15, -0.1) is 0 Å². The molecular formula is C22H17N4O3S+. The minimum Gasteiger partial charge on any atom is -0.321 e. The Hall–Kier alpha value is -4.04. The van der Waals surface area contributed by atoms with Gasteiger partial charge in [0.2, 0.25) is 0 Å². The van der Waals surface area contributed by atoms with Gasteiger partial charge in [0.25, 0.3) is 11.6 Å².